The molecule has 3 nitrogen and oxygen atoms in total. The number of Topliss-reactive ketones (excluding diaryl/α,β-unsaturated/α-hetero) is 1. The van der Waals surface area contributed by atoms with Gasteiger partial charge in [-0.25, -0.2) is 0 Å². The summed E-state index contributed by atoms with van der Waals surface area (Å²) < 4.78 is 0. The molecule has 5 fully saturated rings. The van der Waals surface area contributed by atoms with E-state index in [9.17, 15) is 14.7 Å². The first kappa shape index (κ1) is 11.0. The van der Waals surface area contributed by atoms with Crippen LogP contribution >= 0.6 is 0 Å². The summed E-state index contributed by atoms with van der Waals surface area (Å²) in [5, 5.41) is 9.71. The van der Waals surface area contributed by atoms with Crippen molar-refractivity contribution in [2.45, 2.75) is 51.4 Å². The highest BCUT2D eigenvalue weighted by atomic mass is 16.4. The van der Waals surface area contributed by atoms with Crippen LogP contribution in [0.15, 0.2) is 0 Å². The molecule has 0 aromatic rings. The lowest BCUT2D eigenvalue weighted by molar-refractivity contribution is -0.196. The molecule has 0 radical (unpaired) electrons. The lowest BCUT2D eigenvalue weighted by Crippen LogP contribution is -2.62. The highest BCUT2D eigenvalue weighted by Crippen LogP contribution is 2.69. The van der Waals surface area contributed by atoms with Crippen LogP contribution in [0.1, 0.15) is 51.4 Å². The van der Waals surface area contributed by atoms with Crippen LogP contribution in [0.2, 0.25) is 0 Å². The standard InChI is InChI=1S/C15H20O3/c16-12-7-15(8-12,13(17)18)14-4-9-1-10(5-14)3-11(2-9)6-14/h9-11H,1-8H2,(H,17,18). The van der Waals surface area contributed by atoms with Gasteiger partial charge in [-0.05, 0) is 61.7 Å². The molecule has 0 amide bonds. The van der Waals surface area contributed by atoms with Gasteiger partial charge in [0, 0.05) is 12.8 Å². The quantitative estimate of drug-likeness (QED) is 0.817. The average Bonchev–Trinajstić information content (AvgIpc) is 2.21. The third kappa shape index (κ3) is 1.16. The molecule has 0 aliphatic heterocycles. The number of hydrogen-bond acceptors (Lipinski definition) is 2. The molecule has 1 N–H and O–H groups in total. The van der Waals surface area contributed by atoms with Crippen molar-refractivity contribution in [3.8, 4) is 0 Å². The first-order valence-corrected chi connectivity index (χ1v) is 7.28. The molecule has 18 heavy (non-hydrogen) atoms. The number of carboxylic acid groups (broad SMARTS) is 1. The van der Waals surface area contributed by atoms with Crippen LogP contribution in [0.4, 0.5) is 0 Å². The van der Waals surface area contributed by atoms with Gasteiger partial charge in [-0.15, -0.1) is 0 Å². The summed E-state index contributed by atoms with van der Waals surface area (Å²) in [6.07, 6.45) is 7.84. The molecule has 5 aliphatic rings. The second-order valence-corrected chi connectivity index (χ2v) is 7.48. The minimum atomic E-state index is -0.691. The van der Waals surface area contributed by atoms with Crippen molar-refractivity contribution in [2.75, 3.05) is 0 Å². The molecule has 0 aromatic heterocycles. The van der Waals surface area contributed by atoms with E-state index in [4.69, 9.17) is 0 Å². The molecular formula is C15H20O3. The van der Waals surface area contributed by atoms with Crippen molar-refractivity contribution < 1.29 is 14.7 Å². The Morgan fingerprint density at radius 1 is 1.00 bits per heavy atom. The van der Waals surface area contributed by atoms with Gasteiger partial charge in [-0.3, -0.25) is 9.59 Å². The molecule has 0 heterocycles. The van der Waals surface area contributed by atoms with E-state index in [-0.39, 0.29) is 11.2 Å². The Labute approximate surface area is 107 Å². The monoisotopic (exact) mass is 248 g/mol. The number of carbonyl (C=O) groups excluding carboxylic acids is 1. The highest BCUT2D eigenvalue weighted by molar-refractivity contribution is 5.97. The van der Waals surface area contributed by atoms with Gasteiger partial charge in [0.15, 0.2) is 0 Å². The van der Waals surface area contributed by atoms with Gasteiger partial charge in [-0.2, -0.15) is 0 Å². The van der Waals surface area contributed by atoms with Crippen molar-refractivity contribution in [2.24, 2.45) is 28.6 Å². The SMILES string of the molecule is O=C1CC(C(=O)O)(C23CC4CC(CC(C4)C2)C3)C1. The highest BCUT2D eigenvalue weighted by Gasteiger charge is 2.67. The molecule has 98 valence electrons. The lowest BCUT2D eigenvalue weighted by Gasteiger charge is -2.64. The van der Waals surface area contributed by atoms with Crippen LogP contribution in [0.3, 0.4) is 0 Å². The van der Waals surface area contributed by atoms with E-state index in [0.29, 0.717) is 12.8 Å². The summed E-state index contributed by atoms with van der Waals surface area (Å²) in [6, 6.07) is 0. The predicted molar refractivity (Wildman–Crippen MR) is 64.9 cm³/mol. The number of ketones is 1. The Bertz CT molecular complexity index is 394. The Morgan fingerprint density at radius 3 is 1.78 bits per heavy atom. The van der Waals surface area contributed by atoms with E-state index in [1.807, 2.05) is 0 Å². The Kier molecular flexibility index (Phi) is 1.94. The van der Waals surface area contributed by atoms with E-state index in [1.54, 1.807) is 0 Å². The minimum absolute atomic E-state index is 0.0263. The van der Waals surface area contributed by atoms with Crippen molar-refractivity contribution in [3.63, 3.8) is 0 Å². The molecule has 0 saturated heterocycles. The molecule has 0 aromatic carbocycles. The number of carboxylic acids is 1. The molecule has 5 rings (SSSR count). The van der Waals surface area contributed by atoms with Crippen molar-refractivity contribution in [1.29, 1.82) is 0 Å². The van der Waals surface area contributed by atoms with Crippen molar-refractivity contribution in [3.05, 3.63) is 0 Å². The van der Waals surface area contributed by atoms with Gasteiger partial charge in [0.05, 0.1) is 5.41 Å². The van der Waals surface area contributed by atoms with Crippen LogP contribution in [-0.2, 0) is 9.59 Å². The van der Waals surface area contributed by atoms with Crippen LogP contribution in [-0.4, -0.2) is 16.9 Å². The molecule has 0 spiro atoms. The number of carbonyl (C=O) groups is 2. The van der Waals surface area contributed by atoms with Crippen molar-refractivity contribution >= 4 is 11.8 Å². The second-order valence-electron chi connectivity index (χ2n) is 7.48. The summed E-state index contributed by atoms with van der Waals surface area (Å²) in [5.41, 5.74) is -0.707. The molecule has 3 heteroatoms. The van der Waals surface area contributed by atoms with Gasteiger partial charge in [-0.1, -0.05) is 0 Å². The largest absolute Gasteiger partial charge is 0.481 e. The van der Waals surface area contributed by atoms with Gasteiger partial charge >= 0.3 is 5.97 Å². The first-order chi connectivity index (χ1) is 8.53. The molecule has 0 unspecified atom stereocenters. The van der Waals surface area contributed by atoms with Gasteiger partial charge < -0.3 is 5.11 Å². The molecule has 4 bridgehead atoms. The zero-order valence-corrected chi connectivity index (χ0v) is 10.7. The topological polar surface area (TPSA) is 54.4 Å². The lowest BCUT2D eigenvalue weighted by atomic mass is 9.38. The molecule has 0 atom stereocenters. The fraction of sp³-hybridized carbons (Fsp3) is 0.867. The van der Waals surface area contributed by atoms with Gasteiger partial charge in [0.2, 0.25) is 0 Å². The summed E-state index contributed by atoms with van der Waals surface area (Å²) in [7, 11) is 0. The normalized spacial score (nSPS) is 48.0. The first-order valence-electron chi connectivity index (χ1n) is 7.28. The van der Waals surface area contributed by atoms with Crippen molar-refractivity contribution in [1.82, 2.24) is 0 Å². The van der Waals surface area contributed by atoms with E-state index in [0.717, 1.165) is 37.0 Å². The smallest absolute Gasteiger partial charge is 0.311 e. The fourth-order valence-corrected chi connectivity index (χ4v) is 6.07. The average molecular weight is 248 g/mol. The third-order valence-corrected chi connectivity index (χ3v) is 6.46. The second kappa shape index (κ2) is 3.17. The fourth-order valence-electron chi connectivity index (χ4n) is 6.07. The summed E-state index contributed by atoms with van der Waals surface area (Å²) in [4.78, 5) is 23.3. The Hall–Kier alpha value is -0.860. The molecule has 5 aliphatic carbocycles. The molecule has 5 saturated carbocycles. The van der Waals surface area contributed by atoms with Gasteiger partial charge in [0.1, 0.15) is 5.78 Å². The van der Waals surface area contributed by atoms with Crippen LogP contribution < -0.4 is 0 Å². The summed E-state index contributed by atoms with van der Waals surface area (Å²) >= 11 is 0. The van der Waals surface area contributed by atoms with Crippen LogP contribution in [0, 0.1) is 28.6 Å². The van der Waals surface area contributed by atoms with E-state index in [2.05, 4.69) is 0 Å². The predicted octanol–water partition coefficient (Wildman–Crippen LogP) is 2.64. The molecular weight excluding hydrogens is 228 g/mol. The maximum Gasteiger partial charge on any atom is 0.311 e. The van der Waals surface area contributed by atoms with E-state index < -0.39 is 11.4 Å². The zero-order chi connectivity index (χ0) is 12.5. The third-order valence-electron chi connectivity index (χ3n) is 6.46. The van der Waals surface area contributed by atoms with Gasteiger partial charge in [0.25, 0.3) is 0 Å². The maximum atomic E-state index is 11.8. The zero-order valence-electron chi connectivity index (χ0n) is 10.7. The van der Waals surface area contributed by atoms with E-state index >= 15 is 0 Å². The van der Waals surface area contributed by atoms with Crippen LogP contribution in [0.25, 0.3) is 0 Å². The maximum absolute atomic E-state index is 11.8. The summed E-state index contributed by atoms with van der Waals surface area (Å²) in [6.45, 7) is 0. The summed E-state index contributed by atoms with van der Waals surface area (Å²) in [5.74, 6) is 1.73. The Morgan fingerprint density at radius 2 is 1.44 bits per heavy atom. The number of hydrogen-bond donors (Lipinski definition) is 1. The minimum Gasteiger partial charge on any atom is -0.481 e. The Balaban J connectivity index is 1.74. The van der Waals surface area contributed by atoms with E-state index in [1.165, 1.54) is 19.3 Å². The number of aliphatic carboxylic acids is 1. The number of rotatable bonds is 2. The van der Waals surface area contributed by atoms with Crippen LogP contribution in [0.5, 0.6) is 0 Å².